The van der Waals surface area contributed by atoms with Crippen LogP contribution in [0.3, 0.4) is 0 Å². The van der Waals surface area contributed by atoms with Crippen LogP contribution >= 0.6 is 0 Å². The van der Waals surface area contributed by atoms with Crippen molar-refractivity contribution in [2.75, 3.05) is 32.1 Å². The molecule has 5 heteroatoms. The third kappa shape index (κ3) is 2.87. The van der Waals surface area contributed by atoms with E-state index in [1.54, 1.807) is 0 Å². The lowest BCUT2D eigenvalue weighted by atomic mass is 10.1. The van der Waals surface area contributed by atoms with Crippen molar-refractivity contribution in [2.45, 2.75) is 38.8 Å². The number of aromatic nitrogens is 2. The van der Waals surface area contributed by atoms with Crippen LogP contribution in [0.15, 0.2) is 0 Å². The largest absolute Gasteiger partial charge is 0.376 e. The number of nitrogens with zero attached hydrogens (tertiary/aromatic N) is 3. The maximum Gasteiger partial charge on any atom is 0.223 e. The van der Waals surface area contributed by atoms with Gasteiger partial charge in [0.25, 0.3) is 0 Å². The lowest BCUT2D eigenvalue weighted by molar-refractivity contribution is 0.120. The first-order valence-electron chi connectivity index (χ1n) is 7.13. The summed E-state index contributed by atoms with van der Waals surface area (Å²) < 4.78 is 5.61. The van der Waals surface area contributed by atoms with Crippen LogP contribution in [0.5, 0.6) is 0 Å². The molecule has 2 aliphatic rings. The third-order valence-corrected chi connectivity index (χ3v) is 3.97. The zero-order chi connectivity index (χ0) is 13.2. The Kier molecular flexibility index (Phi) is 3.66. The van der Waals surface area contributed by atoms with Gasteiger partial charge in [-0.2, -0.15) is 0 Å². The van der Waals surface area contributed by atoms with Crippen molar-refractivity contribution in [3.05, 3.63) is 17.0 Å². The third-order valence-electron chi connectivity index (χ3n) is 3.97. The predicted molar refractivity (Wildman–Crippen MR) is 74.3 cm³/mol. The van der Waals surface area contributed by atoms with E-state index in [1.807, 2.05) is 0 Å². The molecule has 0 spiro atoms. The van der Waals surface area contributed by atoms with E-state index in [2.05, 4.69) is 34.2 Å². The summed E-state index contributed by atoms with van der Waals surface area (Å²) in [6.45, 7) is 5.83. The number of rotatable bonds is 3. The maximum absolute atomic E-state index is 5.61. The van der Waals surface area contributed by atoms with E-state index < -0.39 is 0 Å². The van der Waals surface area contributed by atoms with Crippen molar-refractivity contribution in [3.8, 4) is 0 Å². The van der Waals surface area contributed by atoms with Gasteiger partial charge >= 0.3 is 0 Å². The highest BCUT2D eigenvalue weighted by Crippen LogP contribution is 2.20. The van der Waals surface area contributed by atoms with Crippen LogP contribution in [-0.2, 0) is 17.7 Å². The molecule has 1 unspecified atom stereocenters. The van der Waals surface area contributed by atoms with Crippen molar-refractivity contribution < 1.29 is 4.74 Å². The Labute approximate surface area is 114 Å². The van der Waals surface area contributed by atoms with Crippen LogP contribution < -0.4 is 5.32 Å². The number of ether oxygens (including phenoxy) is 1. The van der Waals surface area contributed by atoms with Crippen LogP contribution in [0.1, 0.15) is 29.8 Å². The average Bonchev–Trinajstić information content (AvgIpc) is 2.90. The highest BCUT2D eigenvalue weighted by Gasteiger charge is 2.19. The highest BCUT2D eigenvalue weighted by molar-refractivity contribution is 5.35. The summed E-state index contributed by atoms with van der Waals surface area (Å²) in [5, 5.41) is 3.33. The van der Waals surface area contributed by atoms with E-state index in [-0.39, 0.29) is 0 Å². The molecule has 3 rings (SSSR count). The molecule has 5 nitrogen and oxygen atoms in total. The van der Waals surface area contributed by atoms with Gasteiger partial charge in [-0.3, -0.25) is 0 Å². The first-order chi connectivity index (χ1) is 9.22. The molecule has 0 bridgehead atoms. The summed E-state index contributed by atoms with van der Waals surface area (Å²) in [7, 11) is 2.14. The Balaban J connectivity index is 1.70. The molecular formula is C14H22N4O. The highest BCUT2D eigenvalue weighted by atomic mass is 16.5. The van der Waals surface area contributed by atoms with Crippen LogP contribution in [0.2, 0.25) is 0 Å². The maximum atomic E-state index is 5.61. The van der Waals surface area contributed by atoms with Crippen molar-refractivity contribution in [1.82, 2.24) is 14.9 Å². The van der Waals surface area contributed by atoms with Crippen LogP contribution in [0.4, 0.5) is 5.95 Å². The molecule has 1 saturated heterocycles. The first kappa shape index (κ1) is 12.8. The SMILES string of the molecule is Cc1nc(NCC2CCCO2)nc2c1CN(C)CC2. The van der Waals surface area contributed by atoms with Gasteiger partial charge in [0, 0.05) is 43.9 Å². The summed E-state index contributed by atoms with van der Waals surface area (Å²) in [4.78, 5) is 11.6. The number of likely N-dealkylation sites (N-methyl/N-ethyl adjacent to an activating group) is 1. The quantitative estimate of drug-likeness (QED) is 0.891. The van der Waals surface area contributed by atoms with Crippen molar-refractivity contribution in [2.24, 2.45) is 0 Å². The molecule has 1 aromatic rings. The van der Waals surface area contributed by atoms with Gasteiger partial charge in [-0.1, -0.05) is 0 Å². The molecule has 104 valence electrons. The van der Waals surface area contributed by atoms with Crippen LogP contribution in [0.25, 0.3) is 0 Å². The van der Waals surface area contributed by atoms with E-state index in [0.717, 1.165) is 50.7 Å². The Morgan fingerprint density at radius 1 is 1.42 bits per heavy atom. The molecule has 3 heterocycles. The van der Waals surface area contributed by atoms with Crippen LogP contribution in [-0.4, -0.2) is 47.7 Å². The summed E-state index contributed by atoms with van der Waals surface area (Å²) in [5.74, 6) is 0.760. The number of anilines is 1. The summed E-state index contributed by atoms with van der Waals surface area (Å²) >= 11 is 0. The van der Waals surface area contributed by atoms with Gasteiger partial charge in [-0.25, -0.2) is 9.97 Å². The minimum absolute atomic E-state index is 0.325. The van der Waals surface area contributed by atoms with Gasteiger partial charge in [0.05, 0.1) is 11.8 Å². The monoisotopic (exact) mass is 262 g/mol. The van der Waals surface area contributed by atoms with Crippen LogP contribution in [0, 0.1) is 6.92 Å². The average molecular weight is 262 g/mol. The van der Waals surface area contributed by atoms with Gasteiger partial charge in [0.2, 0.25) is 5.95 Å². The van der Waals surface area contributed by atoms with Gasteiger partial charge in [-0.15, -0.1) is 0 Å². The molecule has 1 fully saturated rings. The van der Waals surface area contributed by atoms with Crippen molar-refractivity contribution >= 4 is 5.95 Å². The summed E-state index contributed by atoms with van der Waals surface area (Å²) in [5.41, 5.74) is 3.61. The fraction of sp³-hybridized carbons (Fsp3) is 0.714. The zero-order valence-electron chi connectivity index (χ0n) is 11.8. The molecule has 0 aliphatic carbocycles. The smallest absolute Gasteiger partial charge is 0.223 e. The number of hydrogen-bond donors (Lipinski definition) is 1. The molecule has 0 saturated carbocycles. The summed E-state index contributed by atoms with van der Waals surface area (Å²) in [6.07, 6.45) is 3.65. The topological polar surface area (TPSA) is 50.3 Å². The van der Waals surface area contributed by atoms with E-state index in [9.17, 15) is 0 Å². The van der Waals surface area contributed by atoms with Gasteiger partial charge in [0.1, 0.15) is 0 Å². The zero-order valence-corrected chi connectivity index (χ0v) is 11.8. The Morgan fingerprint density at radius 3 is 3.11 bits per heavy atom. The fourth-order valence-corrected chi connectivity index (χ4v) is 2.80. The number of fused-ring (bicyclic) bond motifs is 1. The van der Waals surface area contributed by atoms with Gasteiger partial charge < -0.3 is 15.0 Å². The van der Waals surface area contributed by atoms with E-state index >= 15 is 0 Å². The minimum atomic E-state index is 0.325. The van der Waals surface area contributed by atoms with Crippen molar-refractivity contribution in [3.63, 3.8) is 0 Å². The number of hydrogen-bond acceptors (Lipinski definition) is 5. The molecule has 2 aliphatic heterocycles. The molecule has 1 aromatic heterocycles. The van der Waals surface area contributed by atoms with E-state index in [1.165, 1.54) is 17.7 Å². The molecular weight excluding hydrogens is 240 g/mol. The van der Waals surface area contributed by atoms with Gasteiger partial charge in [-0.05, 0) is 26.8 Å². The lowest BCUT2D eigenvalue weighted by Gasteiger charge is -2.25. The molecule has 0 aromatic carbocycles. The number of aryl methyl sites for hydroxylation is 1. The minimum Gasteiger partial charge on any atom is -0.376 e. The Morgan fingerprint density at radius 2 is 2.32 bits per heavy atom. The standard InChI is InChI=1S/C14H22N4O/c1-10-12-9-18(2)6-5-13(12)17-14(16-10)15-8-11-4-3-7-19-11/h11H,3-9H2,1-2H3,(H,15,16,17). The Hall–Kier alpha value is -1.20. The second kappa shape index (κ2) is 5.43. The lowest BCUT2D eigenvalue weighted by Crippen LogP contribution is -2.29. The first-order valence-corrected chi connectivity index (χ1v) is 7.13. The molecule has 0 amide bonds. The van der Waals surface area contributed by atoms with Crippen molar-refractivity contribution in [1.29, 1.82) is 0 Å². The second-order valence-corrected chi connectivity index (χ2v) is 5.56. The molecule has 1 N–H and O–H groups in total. The second-order valence-electron chi connectivity index (χ2n) is 5.56. The summed E-state index contributed by atoms with van der Waals surface area (Å²) in [6, 6.07) is 0. The Bertz CT molecular complexity index is 457. The predicted octanol–water partition coefficient (Wildman–Crippen LogP) is 1.36. The molecule has 0 radical (unpaired) electrons. The van der Waals surface area contributed by atoms with E-state index in [4.69, 9.17) is 4.74 Å². The fourth-order valence-electron chi connectivity index (χ4n) is 2.80. The molecule has 1 atom stereocenters. The number of nitrogens with one attached hydrogen (secondary N) is 1. The normalized spacial score (nSPS) is 23.4. The van der Waals surface area contributed by atoms with Gasteiger partial charge in [0.15, 0.2) is 0 Å². The van der Waals surface area contributed by atoms with E-state index in [0.29, 0.717) is 6.10 Å². The molecule has 19 heavy (non-hydrogen) atoms.